The van der Waals surface area contributed by atoms with Crippen molar-refractivity contribution in [3.8, 4) is 0 Å². The van der Waals surface area contributed by atoms with Gasteiger partial charge in [0.15, 0.2) is 0 Å². The highest BCUT2D eigenvalue weighted by molar-refractivity contribution is 6.44. The van der Waals surface area contributed by atoms with Crippen LogP contribution in [-0.4, -0.2) is 18.8 Å². The normalized spacial score (nSPS) is 12.9. The Hall–Kier alpha value is -0.480. The number of rotatable bonds is 3. The maximum atomic E-state index is 9.07. The Bertz CT molecular complexity index is 327. The quantitative estimate of drug-likeness (QED) is 0.700. The molecule has 0 fully saturated rings. The van der Waals surface area contributed by atoms with Crippen molar-refractivity contribution in [2.24, 2.45) is 0 Å². The van der Waals surface area contributed by atoms with Crippen LogP contribution in [0.1, 0.15) is 11.6 Å². The van der Waals surface area contributed by atoms with Crippen LogP contribution in [0.15, 0.2) is 12.1 Å². The number of nitrogen functional groups attached to an aromatic ring is 1. The highest BCUT2D eigenvalue weighted by Crippen LogP contribution is 2.33. The number of halogens is 2. The summed E-state index contributed by atoms with van der Waals surface area (Å²) in [6.07, 6.45) is 0. The van der Waals surface area contributed by atoms with Crippen LogP contribution in [0, 0.1) is 0 Å². The molecule has 0 spiro atoms. The van der Waals surface area contributed by atoms with Crippen molar-refractivity contribution in [1.82, 2.24) is 5.32 Å². The van der Waals surface area contributed by atoms with Gasteiger partial charge >= 0.3 is 0 Å². The number of anilines is 1. The van der Waals surface area contributed by atoms with Gasteiger partial charge in [-0.3, -0.25) is 0 Å². The van der Waals surface area contributed by atoms with E-state index in [1.165, 1.54) is 0 Å². The SMILES string of the molecule is CN[C@H](CO)c1ccc(N)c(Cl)c1Cl. The monoisotopic (exact) mass is 234 g/mol. The first kappa shape index (κ1) is 11.6. The van der Waals surface area contributed by atoms with E-state index < -0.39 is 0 Å². The average molecular weight is 235 g/mol. The summed E-state index contributed by atoms with van der Waals surface area (Å²) >= 11 is 11.9. The second-order valence-corrected chi connectivity index (χ2v) is 3.65. The van der Waals surface area contributed by atoms with Crippen LogP contribution >= 0.6 is 23.2 Å². The minimum Gasteiger partial charge on any atom is -0.397 e. The summed E-state index contributed by atoms with van der Waals surface area (Å²) in [6, 6.07) is 3.20. The smallest absolute Gasteiger partial charge is 0.0824 e. The molecule has 78 valence electrons. The molecule has 3 nitrogen and oxygen atoms in total. The zero-order valence-corrected chi connectivity index (χ0v) is 9.23. The Morgan fingerprint density at radius 1 is 1.43 bits per heavy atom. The Kier molecular flexibility index (Phi) is 4.01. The van der Waals surface area contributed by atoms with Gasteiger partial charge in [0.1, 0.15) is 0 Å². The second-order valence-electron chi connectivity index (χ2n) is 2.90. The molecule has 0 saturated carbocycles. The standard InChI is InChI=1S/C9H12Cl2N2O/c1-13-7(4-14)5-2-3-6(12)9(11)8(5)10/h2-3,7,13-14H,4,12H2,1H3/t7-/m1/s1. The Labute approximate surface area is 92.8 Å². The van der Waals surface area contributed by atoms with Crippen molar-refractivity contribution in [2.45, 2.75) is 6.04 Å². The number of hydrogen-bond acceptors (Lipinski definition) is 3. The number of likely N-dealkylation sites (N-methyl/N-ethyl adjacent to an activating group) is 1. The fourth-order valence-electron chi connectivity index (χ4n) is 1.19. The van der Waals surface area contributed by atoms with E-state index in [-0.39, 0.29) is 12.6 Å². The van der Waals surface area contributed by atoms with Crippen LogP contribution in [-0.2, 0) is 0 Å². The fraction of sp³-hybridized carbons (Fsp3) is 0.333. The highest BCUT2D eigenvalue weighted by Gasteiger charge is 2.15. The van der Waals surface area contributed by atoms with Crippen LogP contribution in [0.2, 0.25) is 10.0 Å². The molecule has 0 aromatic heterocycles. The summed E-state index contributed by atoms with van der Waals surface area (Å²) in [6.45, 7) is -0.0452. The van der Waals surface area contributed by atoms with E-state index in [4.69, 9.17) is 34.0 Å². The van der Waals surface area contributed by atoms with E-state index in [2.05, 4.69) is 5.32 Å². The number of aliphatic hydroxyl groups is 1. The average Bonchev–Trinajstić information content (AvgIpc) is 2.19. The number of nitrogens with one attached hydrogen (secondary N) is 1. The van der Waals surface area contributed by atoms with Gasteiger partial charge in [0.25, 0.3) is 0 Å². The molecule has 1 rings (SSSR count). The molecule has 0 saturated heterocycles. The lowest BCUT2D eigenvalue weighted by atomic mass is 10.1. The predicted octanol–water partition coefficient (Wildman–Crippen LogP) is 1.83. The van der Waals surface area contributed by atoms with Gasteiger partial charge in [-0.2, -0.15) is 0 Å². The molecule has 0 amide bonds. The van der Waals surface area contributed by atoms with E-state index >= 15 is 0 Å². The summed E-state index contributed by atoms with van der Waals surface area (Å²) < 4.78 is 0. The van der Waals surface area contributed by atoms with Gasteiger partial charge in [0.2, 0.25) is 0 Å². The molecule has 1 aromatic rings. The van der Waals surface area contributed by atoms with Crippen LogP contribution < -0.4 is 11.1 Å². The molecule has 0 unspecified atom stereocenters. The number of benzene rings is 1. The van der Waals surface area contributed by atoms with Crippen LogP contribution in [0.5, 0.6) is 0 Å². The van der Waals surface area contributed by atoms with Crippen molar-refractivity contribution in [3.63, 3.8) is 0 Å². The molecular formula is C9H12Cl2N2O. The molecule has 0 radical (unpaired) electrons. The van der Waals surface area contributed by atoms with Crippen molar-refractivity contribution in [1.29, 1.82) is 0 Å². The maximum absolute atomic E-state index is 9.07. The summed E-state index contributed by atoms with van der Waals surface area (Å²) in [5.41, 5.74) is 6.76. The van der Waals surface area contributed by atoms with Crippen LogP contribution in [0.4, 0.5) is 5.69 Å². The van der Waals surface area contributed by atoms with Gasteiger partial charge in [-0.1, -0.05) is 29.3 Å². The van der Waals surface area contributed by atoms with Gasteiger partial charge in [-0.25, -0.2) is 0 Å². The zero-order valence-electron chi connectivity index (χ0n) is 7.72. The van der Waals surface area contributed by atoms with Crippen molar-refractivity contribution < 1.29 is 5.11 Å². The molecular weight excluding hydrogens is 223 g/mol. The maximum Gasteiger partial charge on any atom is 0.0824 e. The molecule has 5 heteroatoms. The highest BCUT2D eigenvalue weighted by atomic mass is 35.5. The summed E-state index contributed by atoms with van der Waals surface area (Å²) in [4.78, 5) is 0. The van der Waals surface area contributed by atoms with Gasteiger partial charge in [-0.15, -0.1) is 0 Å². The summed E-state index contributed by atoms with van der Waals surface area (Å²) in [7, 11) is 1.74. The molecule has 0 bridgehead atoms. The largest absolute Gasteiger partial charge is 0.397 e. The summed E-state index contributed by atoms with van der Waals surface area (Å²) in [5.74, 6) is 0. The zero-order chi connectivity index (χ0) is 10.7. The third-order valence-corrected chi connectivity index (χ3v) is 2.96. The lowest BCUT2D eigenvalue weighted by Gasteiger charge is -2.16. The molecule has 0 aliphatic heterocycles. The summed E-state index contributed by atoms with van der Waals surface area (Å²) in [5, 5.41) is 12.7. The van der Waals surface area contributed by atoms with Crippen molar-refractivity contribution >= 4 is 28.9 Å². The molecule has 4 N–H and O–H groups in total. The van der Waals surface area contributed by atoms with Crippen LogP contribution in [0.3, 0.4) is 0 Å². The van der Waals surface area contributed by atoms with E-state index in [1.54, 1.807) is 19.2 Å². The van der Waals surface area contributed by atoms with Crippen molar-refractivity contribution in [3.05, 3.63) is 27.7 Å². The molecule has 1 aromatic carbocycles. The number of hydrogen-bond donors (Lipinski definition) is 3. The Balaban J connectivity index is 3.16. The molecule has 1 atom stereocenters. The topological polar surface area (TPSA) is 58.3 Å². The van der Waals surface area contributed by atoms with Gasteiger partial charge in [0.05, 0.1) is 28.4 Å². The molecule has 0 aliphatic carbocycles. The van der Waals surface area contributed by atoms with Gasteiger partial charge in [0, 0.05) is 0 Å². The van der Waals surface area contributed by atoms with E-state index in [9.17, 15) is 0 Å². The lowest BCUT2D eigenvalue weighted by Crippen LogP contribution is -2.20. The minimum atomic E-state index is -0.222. The molecule has 0 heterocycles. The Morgan fingerprint density at radius 3 is 2.57 bits per heavy atom. The molecule has 14 heavy (non-hydrogen) atoms. The number of nitrogens with two attached hydrogens (primary N) is 1. The first-order valence-corrected chi connectivity index (χ1v) is 4.89. The third kappa shape index (κ3) is 2.12. The van der Waals surface area contributed by atoms with E-state index in [0.717, 1.165) is 5.56 Å². The van der Waals surface area contributed by atoms with E-state index in [1.807, 2.05) is 0 Å². The first-order valence-electron chi connectivity index (χ1n) is 4.13. The minimum absolute atomic E-state index is 0.0452. The Morgan fingerprint density at radius 2 is 2.07 bits per heavy atom. The predicted molar refractivity (Wildman–Crippen MR) is 59.8 cm³/mol. The van der Waals surface area contributed by atoms with Crippen molar-refractivity contribution in [2.75, 3.05) is 19.4 Å². The fourth-order valence-corrected chi connectivity index (χ4v) is 1.67. The third-order valence-electron chi connectivity index (χ3n) is 2.05. The van der Waals surface area contributed by atoms with Gasteiger partial charge in [-0.05, 0) is 18.7 Å². The second kappa shape index (κ2) is 4.84. The lowest BCUT2D eigenvalue weighted by molar-refractivity contribution is 0.251. The molecule has 0 aliphatic rings. The van der Waals surface area contributed by atoms with E-state index in [0.29, 0.717) is 15.7 Å². The first-order chi connectivity index (χ1) is 6.61. The number of aliphatic hydroxyl groups excluding tert-OH is 1. The van der Waals surface area contributed by atoms with Gasteiger partial charge < -0.3 is 16.2 Å². The van der Waals surface area contributed by atoms with Crippen LogP contribution in [0.25, 0.3) is 0 Å².